The third kappa shape index (κ3) is 3.20. The number of hydrogen-bond acceptors (Lipinski definition) is 3. The van der Waals surface area contributed by atoms with E-state index < -0.39 is 0 Å². The fourth-order valence-corrected chi connectivity index (χ4v) is 2.74. The molecule has 3 rings (SSSR count). The van der Waals surface area contributed by atoms with Crippen molar-refractivity contribution in [2.24, 2.45) is 0 Å². The van der Waals surface area contributed by atoms with Crippen molar-refractivity contribution in [3.05, 3.63) is 76.9 Å². The number of benzene rings is 1. The largest absolute Gasteiger partial charge is 0.346 e. The Bertz CT molecular complexity index is 868. The number of aryl methyl sites for hydroxylation is 2. The maximum atomic E-state index is 12.6. The number of aromatic nitrogens is 3. The van der Waals surface area contributed by atoms with Crippen molar-refractivity contribution in [1.82, 2.24) is 20.1 Å². The lowest BCUT2D eigenvalue weighted by Gasteiger charge is -2.07. The van der Waals surface area contributed by atoms with Gasteiger partial charge in [-0.1, -0.05) is 18.2 Å². The molecule has 0 saturated carbocycles. The Balaban J connectivity index is 1.85. The summed E-state index contributed by atoms with van der Waals surface area (Å²) in [6.45, 7) is 6.21. The van der Waals surface area contributed by atoms with Crippen LogP contribution in [0.25, 0.3) is 5.69 Å². The average molecular weight is 320 g/mol. The maximum Gasteiger partial charge on any atom is 0.255 e. The van der Waals surface area contributed by atoms with E-state index in [1.807, 2.05) is 61.9 Å². The van der Waals surface area contributed by atoms with E-state index in [9.17, 15) is 4.79 Å². The van der Waals surface area contributed by atoms with Gasteiger partial charge >= 0.3 is 0 Å². The van der Waals surface area contributed by atoms with Crippen molar-refractivity contribution < 1.29 is 4.79 Å². The van der Waals surface area contributed by atoms with E-state index in [0.29, 0.717) is 17.8 Å². The first kappa shape index (κ1) is 15.9. The van der Waals surface area contributed by atoms with Gasteiger partial charge in [-0.15, -0.1) is 0 Å². The Labute approximate surface area is 141 Å². The van der Waals surface area contributed by atoms with Crippen LogP contribution in [0.2, 0.25) is 0 Å². The van der Waals surface area contributed by atoms with E-state index in [0.717, 1.165) is 22.6 Å². The number of hydrogen-bond donors (Lipinski definition) is 1. The zero-order valence-electron chi connectivity index (χ0n) is 14.1. The third-order valence-electron chi connectivity index (χ3n) is 3.92. The summed E-state index contributed by atoms with van der Waals surface area (Å²) in [5.74, 6) is -0.130. The normalized spacial score (nSPS) is 10.6. The molecule has 0 saturated heterocycles. The molecule has 0 bridgehead atoms. The van der Waals surface area contributed by atoms with E-state index in [1.54, 1.807) is 6.20 Å². The van der Waals surface area contributed by atoms with Crippen molar-refractivity contribution in [3.63, 3.8) is 0 Å². The molecule has 0 aliphatic rings. The van der Waals surface area contributed by atoms with Crippen LogP contribution in [0.3, 0.4) is 0 Å². The van der Waals surface area contributed by atoms with Crippen LogP contribution in [-0.4, -0.2) is 20.7 Å². The number of rotatable bonds is 4. The standard InChI is InChI=1S/C19H20N4O/c1-13-7-6-9-17(11-13)23-15(3)18(14(2)22-23)19(24)21-12-16-8-4-5-10-20-16/h4-11H,12H2,1-3H3,(H,21,24). The Hall–Kier alpha value is -2.95. The minimum Gasteiger partial charge on any atom is -0.346 e. The van der Waals surface area contributed by atoms with Gasteiger partial charge in [-0.05, 0) is 50.6 Å². The Morgan fingerprint density at radius 3 is 2.67 bits per heavy atom. The second-order valence-corrected chi connectivity index (χ2v) is 5.80. The van der Waals surface area contributed by atoms with Crippen molar-refractivity contribution in [3.8, 4) is 5.69 Å². The van der Waals surface area contributed by atoms with Gasteiger partial charge in [-0.3, -0.25) is 9.78 Å². The molecule has 3 aromatic rings. The summed E-state index contributed by atoms with van der Waals surface area (Å²) in [5, 5.41) is 7.46. The molecule has 1 aromatic carbocycles. The van der Waals surface area contributed by atoms with Crippen LogP contribution in [0.4, 0.5) is 0 Å². The fraction of sp³-hybridized carbons (Fsp3) is 0.211. The lowest BCUT2D eigenvalue weighted by molar-refractivity contribution is 0.0949. The molecular weight excluding hydrogens is 300 g/mol. The van der Waals surface area contributed by atoms with Crippen molar-refractivity contribution in [2.75, 3.05) is 0 Å². The van der Waals surface area contributed by atoms with Crippen LogP contribution in [0.1, 0.15) is 33.0 Å². The van der Waals surface area contributed by atoms with Gasteiger partial charge in [0, 0.05) is 6.20 Å². The van der Waals surface area contributed by atoms with E-state index in [-0.39, 0.29) is 5.91 Å². The zero-order valence-corrected chi connectivity index (χ0v) is 14.1. The molecule has 0 spiro atoms. The summed E-state index contributed by atoms with van der Waals surface area (Å²) >= 11 is 0. The van der Waals surface area contributed by atoms with E-state index in [4.69, 9.17) is 0 Å². The summed E-state index contributed by atoms with van der Waals surface area (Å²) in [7, 11) is 0. The molecule has 122 valence electrons. The zero-order chi connectivity index (χ0) is 17.1. The highest BCUT2D eigenvalue weighted by atomic mass is 16.1. The predicted molar refractivity (Wildman–Crippen MR) is 93.2 cm³/mol. The molecule has 0 unspecified atom stereocenters. The molecule has 5 nitrogen and oxygen atoms in total. The molecule has 2 aromatic heterocycles. The van der Waals surface area contributed by atoms with Gasteiger partial charge in [0.2, 0.25) is 0 Å². The number of nitrogens with zero attached hydrogens (tertiary/aromatic N) is 3. The average Bonchev–Trinajstić information content (AvgIpc) is 2.88. The highest BCUT2D eigenvalue weighted by Crippen LogP contribution is 2.18. The number of nitrogens with one attached hydrogen (secondary N) is 1. The summed E-state index contributed by atoms with van der Waals surface area (Å²) in [5.41, 5.74) is 5.10. The van der Waals surface area contributed by atoms with Gasteiger partial charge in [-0.25, -0.2) is 4.68 Å². The first-order chi connectivity index (χ1) is 11.6. The highest BCUT2D eigenvalue weighted by molar-refractivity contribution is 5.96. The molecule has 0 atom stereocenters. The summed E-state index contributed by atoms with van der Waals surface area (Å²) in [6, 6.07) is 13.7. The number of amides is 1. The van der Waals surface area contributed by atoms with Crippen LogP contribution in [0.15, 0.2) is 48.7 Å². The number of carbonyl (C=O) groups is 1. The first-order valence-electron chi connectivity index (χ1n) is 7.87. The second kappa shape index (κ2) is 6.66. The van der Waals surface area contributed by atoms with Crippen LogP contribution >= 0.6 is 0 Å². The minimum atomic E-state index is -0.130. The maximum absolute atomic E-state index is 12.6. The van der Waals surface area contributed by atoms with Crippen molar-refractivity contribution >= 4 is 5.91 Å². The molecule has 1 amide bonds. The van der Waals surface area contributed by atoms with E-state index >= 15 is 0 Å². The van der Waals surface area contributed by atoms with Gasteiger partial charge in [0.1, 0.15) is 0 Å². The number of carbonyl (C=O) groups excluding carboxylic acids is 1. The van der Waals surface area contributed by atoms with Gasteiger partial charge in [-0.2, -0.15) is 5.10 Å². The van der Waals surface area contributed by atoms with E-state index in [1.165, 1.54) is 0 Å². The molecule has 24 heavy (non-hydrogen) atoms. The molecule has 2 heterocycles. The first-order valence-corrected chi connectivity index (χ1v) is 7.87. The lowest BCUT2D eigenvalue weighted by Crippen LogP contribution is -2.24. The summed E-state index contributed by atoms with van der Waals surface area (Å²) in [4.78, 5) is 16.8. The van der Waals surface area contributed by atoms with Crippen LogP contribution in [0, 0.1) is 20.8 Å². The fourth-order valence-electron chi connectivity index (χ4n) is 2.74. The third-order valence-corrected chi connectivity index (χ3v) is 3.92. The topological polar surface area (TPSA) is 59.8 Å². The minimum absolute atomic E-state index is 0.130. The Kier molecular flexibility index (Phi) is 4.42. The monoisotopic (exact) mass is 320 g/mol. The van der Waals surface area contributed by atoms with Gasteiger partial charge in [0.05, 0.1) is 34.9 Å². The van der Waals surface area contributed by atoms with Gasteiger partial charge < -0.3 is 5.32 Å². The molecule has 0 fully saturated rings. The van der Waals surface area contributed by atoms with Crippen LogP contribution < -0.4 is 5.32 Å². The Morgan fingerprint density at radius 2 is 1.96 bits per heavy atom. The quantitative estimate of drug-likeness (QED) is 0.803. The molecule has 0 aliphatic heterocycles. The summed E-state index contributed by atoms with van der Waals surface area (Å²) in [6.07, 6.45) is 1.72. The smallest absolute Gasteiger partial charge is 0.255 e. The lowest BCUT2D eigenvalue weighted by atomic mass is 10.1. The molecular formula is C19H20N4O. The summed E-state index contributed by atoms with van der Waals surface area (Å²) < 4.78 is 1.82. The molecule has 5 heteroatoms. The SMILES string of the molecule is Cc1cccc(-n2nc(C)c(C(=O)NCc3ccccn3)c2C)c1. The van der Waals surface area contributed by atoms with Gasteiger partial charge in [0.25, 0.3) is 5.91 Å². The molecule has 1 N–H and O–H groups in total. The highest BCUT2D eigenvalue weighted by Gasteiger charge is 2.19. The van der Waals surface area contributed by atoms with Crippen LogP contribution in [0.5, 0.6) is 0 Å². The predicted octanol–water partition coefficient (Wildman–Crippen LogP) is 3.12. The molecule has 0 aliphatic carbocycles. The molecule has 0 radical (unpaired) electrons. The van der Waals surface area contributed by atoms with Gasteiger partial charge in [0.15, 0.2) is 0 Å². The second-order valence-electron chi connectivity index (χ2n) is 5.80. The van der Waals surface area contributed by atoms with Crippen molar-refractivity contribution in [2.45, 2.75) is 27.3 Å². The Morgan fingerprint density at radius 1 is 1.12 bits per heavy atom. The van der Waals surface area contributed by atoms with Crippen LogP contribution in [-0.2, 0) is 6.54 Å². The van der Waals surface area contributed by atoms with Crippen molar-refractivity contribution in [1.29, 1.82) is 0 Å². The number of pyridine rings is 1. The van der Waals surface area contributed by atoms with E-state index in [2.05, 4.69) is 21.5 Å².